The van der Waals surface area contributed by atoms with Crippen molar-refractivity contribution < 1.29 is 22.7 Å². The highest BCUT2D eigenvalue weighted by atomic mass is 19.4. The van der Waals surface area contributed by atoms with E-state index in [0.717, 1.165) is 37.5 Å². The van der Waals surface area contributed by atoms with Crippen LogP contribution in [0.15, 0.2) is 18.2 Å². The molecule has 1 aliphatic carbocycles. The van der Waals surface area contributed by atoms with Crippen molar-refractivity contribution in [3.63, 3.8) is 0 Å². The highest BCUT2D eigenvalue weighted by Gasteiger charge is 2.32. The fourth-order valence-corrected chi connectivity index (χ4v) is 1.61. The van der Waals surface area contributed by atoms with Crippen molar-refractivity contribution >= 4 is 11.7 Å². The Kier molecular flexibility index (Phi) is 3.19. The Bertz CT molecular complexity index is 467. The van der Waals surface area contributed by atoms with E-state index in [4.69, 9.17) is 10.5 Å². The molecule has 1 fully saturated rings. The second-order valence-electron chi connectivity index (χ2n) is 4.26. The summed E-state index contributed by atoms with van der Waals surface area (Å²) in [5.74, 6) is -0.789. The first kappa shape index (κ1) is 12.7. The van der Waals surface area contributed by atoms with Gasteiger partial charge in [-0.15, -0.1) is 0 Å². The number of benzene rings is 1. The smallest absolute Gasteiger partial charge is 0.416 e. The predicted octanol–water partition coefficient (Wildman–Crippen LogP) is 3.00. The lowest BCUT2D eigenvalue weighted by Crippen LogP contribution is -2.25. The highest BCUT2D eigenvalue weighted by Crippen LogP contribution is 2.32. The number of hydrogen-bond acceptors (Lipinski definition) is 3. The molecule has 0 amide bonds. The van der Waals surface area contributed by atoms with Crippen molar-refractivity contribution in [2.45, 2.75) is 31.5 Å². The van der Waals surface area contributed by atoms with Crippen molar-refractivity contribution in [3.05, 3.63) is 29.3 Å². The van der Waals surface area contributed by atoms with Gasteiger partial charge in [-0.3, -0.25) is 0 Å². The van der Waals surface area contributed by atoms with Crippen LogP contribution < -0.4 is 5.73 Å². The molecule has 1 aromatic rings. The third-order valence-corrected chi connectivity index (χ3v) is 2.93. The minimum atomic E-state index is -4.50. The first-order valence-corrected chi connectivity index (χ1v) is 5.55. The van der Waals surface area contributed by atoms with Gasteiger partial charge in [0.1, 0.15) is 6.10 Å². The first-order chi connectivity index (χ1) is 8.38. The van der Waals surface area contributed by atoms with Crippen LogP contribution in [0.25, 0.3) is 0 Å². The molecule has 0 spiro atoms. The van der Waals surface area contributed by atoms with Crippen LogP contribution in [0.5, 0.6) is 0 Å². The molecule has 98 valence electrons. The van der Waals surface area contributed by atoms with Gasteiger partial charge in [0.15, 0.2) is 0 Å². The SMILES string of the molecule is Nc1ccc(C(F)(F)F)cc1C(=O)OC1CCC1. The third-order valence-electron chi connectivity index (χ3n) is 2.93. The quantitative estimate of drug-likeness (QED) is 0.656. The number of nitrogen functional groups attached to an aromatic ring is 1. The van der Waals surface area contributed by atoms with Gasteiger partial charge in [0, 0.05) is 5.69 Å². The number of alkyl halides is 3. The van der Waals surface area contributed by atoms with E-state index in [-0.39, 0.29) is 17.4 Å². The molecule has 0 aromatic heterocycles. The maximum atomic E-state index is 12.5. The summed E-state index contributed by atoms with van der Waals surface area (Å²) in [7, 11) is 0. The van der Waals surface area contributed by atoms with Gasteiger partial charge in [0.25, 0.3) is 0 Å². The van der Waals surface area contributed by atoms with Crippen LogP contribution in [0, 0.1) is 0 Å². The molecule has 3 nitrogen and oxygen atoms in total. The van der Waals surface area contributed by atoms with E-state index in [9.17, 15) is 18.0 Å². The second-order valence-corrected chi connectivity index (χ2v) is 4.26. The summed E-state index contributed by atoms with van der Waals surface area (Å²) < 4.78 is 42.6. The van der Waals surface area contributed by atoms with Crippen LogP contribution in [0.4, 0.5) is 18.9 Å². The van der Waals surface area contributed by atoms with Gasteiger partial charge in [-0.05, 0) is 37.5 Å². The first-order valence-electron chi connectivity index (χ1n) is 5.55. The average Bonchev–Trinajstić information content (AvgIpc) is 2.22. The van der Waals surface area contributed by atoms with E-state index in [1.165, 1.54) is 0 Å². The van der Waals surface area contributed by atoms with Crippen molar-refractivity contribution in [1.82, 2.24) is 0 Å². The van der Waals surface area contributed by atoms with Crippen molar-refractivity contribution in [3.8, 4) is 0 Å². The zero-order chi connectivity index (χ0) is 13.3. The molecule has 2 rings (SSSR count). The van der Waals surface area contributed by atoms with Crippen molar-refractivity contribution in [1.29, 1.82) is 0 Å². The minimum absolute atomic E-state index is 0.00711. The van der Waals surface area contributed by atoms with E-state index in [1.807, 2.05) is 0 Å². The van der Waals surface area contributed by atoms with Crippen LogP contribution in [-0.2, 0) is 10.9 Å². The predicted molar refractivity (Wildman–Crippen MR) is 58.9 cm³/mol. The van der Waals surface area contributed by atoms with E-state index >= 15 is 0 Å². The molecule has 2 N–H and O–H groups in total. The molecule has 0 saturated heterocycles. The molecule has 1 saturated carbocycles. The Morgan fingerprint density at radius 3 is 2.50 bits per heavy atom. The Hall–Kier alpha value is -1.72. The number of carbonyl (C=O) groups excluding carboxylic acids is 1. The summed E-state index contributed by atoms with van der Waals surface area (Å²) in [5, 5.41) is 0. The number of rotatable bonds is 2. The second kappa shape index (κ2) is 4.51. The molecule has 18 heavy (non-hydrogen) atoms. The minimum Gasteiger partial charge on any atom is -0.459 e. The molecule has 1 aromatic carbocycles. The van der Waals surface area contributed by atoms with Gasteiger partial charge in [0.05, 0.1) is 11.1 Å². The standard InChI is InChI=1S/C12H12F3NO2/c13-12(14,15)7-4-5-10(16)9(6-7)11(17)18-8-2-1-3-8/h4-6,8H,1-3,16H2. The number of anilines is 1. The maximum Gasteiger partial charge on any atom is 0.416 e. The lowest BCUT2D eigenvalue weighted by Gasteiger charge is -2.25. The van der Waals surface area contributed by atoms with Crippen LogP contribution in [-0.4, -0.2) is 12.1 Å². The maximum absolute atomic E-state index is 12.5. The molecular formula is C12H12F3NO2. The van der Waals surface area contributed by atoms with Crippen molar-refractivity contribution in [2.75, 3.05) is 5.73 Å². The number of nitrogens with two attached hydrogens (primary N) is 1. The molecular weight excluding hydrogens is 247 g/mol. The monoisotopic (exact) mass is 259 g/mol. The highest BCUT2D eigenvalue weighted by molar-refractivity contribution is 5.95. The zero-order valence-electron chi connectivity index (χ0n) is 9.46. The molecule has 1 aliphatic rings. The number of ether oxygens (including phenoxy) is 1. The molecule has 0 radical (unpaired) electrons. The molecule has 0 heterocycles. The van der Waals surface area contributed by atoms with Gasteiger partial charge in [0.2, 0.25) is 0 Å². The van der Waals surface area contributed by atoms with Crippen LogP contribution in [0.3, 0.4) is 0 Å². The molecule has 0 atom stereocenters. The summed E-state index contributed by atoms with van der Waals surface area (Å²) in [6, 6.07) is 2.64. The number of hydrogen-bond donors (Lipinski definition) is 1. The molecule has 0 aliphatic heterocycles. The number of esters is 1. The van der Waals surface area contributed by atoms with Gasteiger partial charge >= 0.3 is 12.1 Å². The fourth-order valence-electron chi connectivity index (χ4n) is 1.61. The Labute approximate surface area is 102 Å². The van der Waals surface area contributed by atoms with E-state index in [2.05, 4.69) is 0 Å². The molecule has 6 heteroatoms. The number of carbonyl (C=O) groups is 1. The van der Waals surface area contributed by atoms with E-state index in [1.54, 1.807) is 0 Å². The van der Waals surface area contributed by atoms with E-state index < -0.39 is 17.7 Å². The zero-order valence-corrected chi connectivity index (χ0v) is 9.46. The van der Waals surface area contributed by atoms with Crippen LogP contribution in [0.2, 0.25) is 0 Å². The van der Waals surface area contributed by atoms with Gasteiger partial charge < -0.3 is 10.5 Å². The summed E-state index contributed by atoms with van der Waals surface area (Å²) in [6.45, 7) is 0. The summed E-state index contributed by atoms with van der Waals surface area (Å²) in [6.07, 6.45) is -2.21. The Morgan fingerprint density at radius 2 is 2.00 bits per heavy atom. The Balaban J connectivity index is 2.22. The fraction of sp³-hybridized carbons (Fsp3) is 0.417. The van der Waals surface area contributed by atoms with Crippen LogP contribution in [0.1, 0.15) is 35.2 Å². The topological polar surface area (TPSA) is 52.3 Å². The third kappa shape index (κ3) is 2.57. The number of halogens is 3. The molecule has 0 unspecified atom stereocenters. The summed E-state index contributed by atoms with van der Waals surface area (Å²) in [4.78, 5) is 11.7. The van der Waals surface area contributed by atoms with Crippen LogP contribution >= 0.6 is 0 Å². The lowest BCUT2D eigenvalue weighted by molar-refractivity contribution is -0.137. The van der Waals surface area contributed by atoms with Gasteiger partial charge in [-0.1, -0.05) is 0 Å². The normalized spacial score (nSPS) is 16.2. The van der Waals surface area contributed by atoms with Gasteiger partial charge in [-0.2, -0.15) is 13.2 Å². The summed E-state index contributed by atoms with van der Waals surface area (Å²) >= 11 is 0. The van der Waals surface area contributed by atoms with Gasteiger partial charge in [-0.25, -0.2) is 4.79 Å². The van der Waals surface area contributed by atoms with Crippen molar-refractivity contribution in [2.24, 2.45) is 0 Å². The Morgan fingerprint density at radius 1 is 1.33 bits per heavy atom. The average molecular weight is 259 g/mol. The molecule has 0 bridgehead atoms. The summed E-state index contributed by atoms with van der Waals surface area (Å²) in [5.41, 5.74) is 4.36. The van der Waals surface area contributed by atoms with E-state index in [0.29, 0.717) is 0 Å². The lowest BCUT2D eigenvalue weighted by atomic mass is 9.96. The largest absolute Gasteiger partial charge is 0.459 e.